The molecule has 5 atom stereocenters. The molecule has 2 aliphatic carbocycles. The van der Waals surface area contributed by atoms with Gasteiger partial charge < -0.3 is 19.1 Å². The molecule has 214 valence electrons. The van der Waals surface area contributed by atoms with Crippen LogP contribution in [0.1, 0.15) is 54.0 Å². The van der Waals surface area contributed by atoms with Crippen LogP contribution in [0.2, 0.25) is 0 Å². The summed E-state index contributed by atoms with van der Waals surface area (Å²) in [6.45, 7) is 11.1. The van der Waals surface area contributed by atoms with E-state index in [0.717, 1.165) is 41.8 Å². The fourth-order valence-electron chi connectivity index (χ4n) is 8.15. The SMILES string of the molecule is C=CCN1CC[C@]23c4c5ccc(OC)c4O[C@H]2[C@@H](N(C)C(=O)C#Cc2ccc(C)c(C)c2)CC[C@@]3(OC(C)=O)[C@H]1C5. The highest BCUT2D eigenvalue weighted by atomic mass is 16.6. The number of esters is 1. The van der Waals surface area contributed by atoms with Gasteiger partial charge in [-0.2, -0.15) is 0 Å². The fraction of sp³-hybridized carbons (Fsp3) is 0.471. The van der Waals surface area contributed by atoms with Crippen molar-refractivity contribution >= 4 is 11.9 Å². The van der Waals surface area contributed by atoms with E-state index in [0.29, 0.717) is 25.1 Å². The van der Waals surface area contributed by atoms with Crippen LogP contribution in [-0.2, 0) is 26.2 Å². The van der Waals surface area contributed by atoms with Gasteiger partial charge in [-0.3, -0.25) is 14.5 Å². The van der Waals surface area contributed by atoms with Gasteiger partial charge in [-0.25, -0.2) is 0 Å². The Balaban J connectivity index is 1.44. The second-order valence-corrected chi connectivity index (χ2v) is 11.9. The van der Waals surface area contributed by atoms with Gasteiger partial charge in [0.2, 0.25) is 0 Å². The normalized spacial score (nSPS) is 28.9. The van der Waals surface area contributed by atoms with E-state index in [1.165, 1.54) is 18.1 Å². The summed E-state index contributed by atoms with van der Waals surface area (Å²) >= 11 is 0. The second kappa shape index (κ2) is 9.95. The Morgan fingerprint density at radius 1 is 1.22 bits per heavy atom. The number of rotatable bonds is 5. The molecular weight excluding hydrogens is 516 g/mol. The number of likely N-dealkylation sites (tertiary alicyclic amines) is 1. The smallest absolute Gasteiger partial charge is 0.303 e. The Morgan fingerprint density at radius 2 is 2.02 bits per heavy atom. The average Bonchev–Trinajstić information content (AvgIpc) is 3.29. The first-order valence-electron chi connectivity index (χ1n) is 14.4. The van der Waals surface area contributed by atoms with E-state index >= 15 is 0 Å². The van der Waals surface area contributed by atoms with Gasteiger partial charge in [-0.15, -0.1) is 6.58 Å². The Hall–Kier alpha value is -3.76. The lowest BCUT2D eigenvalue weighted by Gasteiger charge is -2.65. The lowest BCUT2D eigenvalue weighted by atomic mass is 9.48. The molecule has 4 aliphatic rings. The van der Waals surface area contributed by atoms with Crippen LogP contribution in [0.5, 0.6) is 11.5 Å². The Bertz CT molecular complexity index is 1500. The van der Waals surface area contributed by atoms with Crippen molar-refractivity contribution in [2.75, 3.05) is 27.2 Å². The highest BCUT2D eigenvalue weighted by Gasteiger charge is 2.75. The third kappa shape index (κ3) is 3.91. The number of benzene rings is 2. The van der Waals surface area contributed by atoms with E-state index in [1.54, 1.807) is 12.0 Å². The largest absolute Gasteiger partial charge is 0.493 e. The van der Waals surface area contributed by atoms with Crippen LogP contribution in [0.15, 0.2) is 43.0 Å². The summed E-state index contributed by atoms with van der Waals surface area (Å²) in [5.74, 6) is 6.77. The Morgan fingerprint density at radius 3 is 2.73 bits per heavy atom. The van der Waals surface area contributed by atoms with E-state index in [-0.39, 0.29) is 24.0 Å². The number of ether oxygens (including phenoxy) is 3. The summed E-state index contributed by atoms with van der Waals surface area (Å²) in [6.07, 6.45) is 4.22. The monoisotopic (exact) mass is 554 g/mol. The molecule has 0 N–H and O–H groups in total. The summed E-state index contributed by atoms with van der Waals surface area (Å²) in [5.41, 5.74) is 4.02. The molecular formula is C34H38N2O5. The van der Waals surface area contributed by atoms with E-state index in [1.807, 2.05) is 44.3 Å². The number of methoxy groups -OCH3 is 1. The summed E-state index contributed by atoms with van der Waals surface area (Å²) in [7, 11) is 3.46. The first-order chi connectivity index (χ1) is 19.7. The Labute approximate surface area is 242 Å². The number of hydrogen-bond donors (Lipinski definition) is 0. The van der Waals surface area contributed by atoms with Crippen LogP contribution in [-0.4, -0.2) is 72.7 Å². The van der Waals surface area contributed by atoms with Crippen molar-refractivity contribution in [3.63, 3.8) is 0 Å². The van der Waals surface area contributed by atoms with Crippen LogP contribution in [0.25, 0.3) is 0 Å². The van der Waals surface area contributed by atoms with Gasteiger partial charge in [0, 0.05) is 44.1 Å². The van der Waals surface area contributed by atoms with Crippen LogP contribution >= 0.6 is 0 Å². The zero-order valence-corrected chi connectivity index (χ0v) is 24.6. The molecule has 0 aromatic heterocycles. The van der Waals surface area contributed by atoms with E-state index in [4.69, 9.17) is 14.2 Å². The maximum atomic E-state index is 13.5. The number of likely N-dealkylation sites (N-methyl/N-ethyl adjacent to an activating group) is 1. The number of amides is 1. The molecule has 2 heterocycles. The number of piperidine rings is 1. The molecule has 0 unspecified atom stereocenters. The molecule has 1 saturated carbocycles. The predicted molar refractivity (Wildman–Crippen MR) is 156 cm³/mol. The molecule has 7 nitrogen and oxygen atoms in total. The molecule has 2 fully saturated rings. The third-order valence-corrected chi connectivity index (χ3v) is 10.0. The summed E-state index contributed by atoms with van der Waals surface area (Å²) in [5, 5.41) is 0. The molecule has 2 aromatic carbocycles. The van der Waals surface area contributed by atoms with Crippen molar-refractivity contribution in [1.82, 2.24) is 9.80 Å². The standard InChI is InChI=1S/C34H38N2O5/c1-7-17-36-18-16-33-30-25-11-12-27(39-6)31(30)40-32(33)26(14-15-34(33,28(36)20-25)41-23(4)37)35(5)29(38)13-10-24-9-8-21(2)22(3)19-24/h7-9,11-12,19,26,28,32H,1,14-18,20H2,2-6H3/t26-,28+,32-,33-,34+/m0/s1. The van der Waals surface area contributed by atoms with Crippen molar-refractivity contribution in [1.29, 1.82) is 0 Å². The number of carbonyl (C=O) groups excluding carboxylic acids is 2. The molecule has 2 aliphatic heterocycles. The van der Waals surface area contributed by atoms with Crippen molar-refractivity contribution in [3.05, 3.63) is 70.8 Å². The maximum absolute atomic E-state index is 13.5. The quantitative estimate of drug-likeness (QED) is 0.315. The molecule has 1 saturated heterocycles. The number of carbonyl (C=O) groups is 2. The molecule has 6 rings (SSSR count). The minimum Gasteiger partial charge on any atom is -0.493 e. The summed E-state index contributed by atoms with van der Waals surface area (Å²) < 4.78 is 19.2. The van der Waals surface area contributed by atoms with E-state index < -0.39 is 17.1 Å². The van der Waals surface area contributed by atoms with Crippen LogP contribution in [0.3, 0.4) is 0 Å². The van der Waals surface area contributed by atoms with Gasteiger partial charge in [-0.1, -0.05) is 24.1 Å². The molecule has 1 amide bonds. The molecule has 1 spiro atoms. The number of aryl methyl sites for hydroxylation is 2. The fourth-order valence-corrected chi connectivity index (χ4v) is 8.15. The van der Waals surface area contributed by atoms with Gasteiger partial charge in [0.05, 0.1) is 24.6 Å². The minimum absolute atomic E-state index is 0.0254. The van der Waals surface area contributed by atoms with E-state index in [2.05, 4.69) is 36.3 Å². The predicted octanol–water partition coefficient (Wildman–Crippen LogP) is 4.10. The van der Waals surface area contributed by atoms with Gasteiger partial charge in [0.1, 0.15) is 11.7 Å². The van der Waals surface area contributed by atoms with Crippen LogP contribution in [0.4, 0.5) is 0 Å². The third-order valence-electron chi connectivity index (χ3n) is 10.0. The van der Waals surface area contributed by atoms with Crippen LogP contribution in [0, 0.1) is 25.7 Å². The number of hydrogen-bond acceptors (Lipinski definition) is 6. The zero-order valence-electron chi connectivity index (χ0n) is 24.6. The van der Waals surface area contributed by atoms with Crippen LogP contribution < -0.4 is 9.47 Å². The van der Waals surface area contributed by atoms with Crippen molar-refractivity contribution in [2.24, 2.45) is 0 Å². The van der Waals surface area contributed by atoms with Gasteiger partial charge in [-0.05, 0) is 74.4 Å². The molecule has 2 bridgehead atoms. The lowest BCUT2D eigenvalue weighted by Crippen LogP contribution is -2.79. The second-order valence-electron chi connectivity index (χ2n) is 11.9. The maximum Gasteiger partial charge on any atom is 0.303 e. The molecule has 0 radical (unpaired) electrons. The topological polar surface area (TPSA) is 68.3 Å². The number of nitrogens with zero attached hydrogens (tertiary/aromatic N) is 2. The molecule has 41 heavy (non-hydrogen) atoms. The highest BCUT2D eigenvalue weighted by molar-refractivity contribution is 5.94. The van der Waals surface area contributed by atoms with Gasteiger partial charge in [0.15, 0.2) is 11.5 Å². The van der Waals surface area contributed by atoms with E-state index in [9.17, 15) is 9.59 Å². The highest BCUT2D eigenvalue weighted by Crippen LogP contribution is 2.67. The van der Waals surface area contributed by atoms with Crippen molar-refractivity contribution in [2.45, 2.75) is 75.7 Å². The van der Waals surface area contributed by atoms with Crippen molar-refractivity contribution < 1.29 is 23.8 Å². The first-order valence-corrected chi connectivity index (χ1v) is 14.4. The minimum atomic E-state index is -0.791. The first kappa shape index (κ1) is 27.4. The summed E-state index contributed by atoms with van der Waals surface area (Å²) in [4.78, 5) is 30.5. The molecule has 2 aromatic rings. The summed E-state index contributed by atoms with van der Waals surface area (Å²) in [6, 6.07) is 9.78. The Kier molecular flexibility index (Phi) is 6.66. The van der Waals surface area contributed by atoms with Gasteiger partial charge in [0.25, 0.3) is 5.91 Å². The average molecular weight is 555 g/mol. The van der Waals surface area contributed by atoms with Gasteiger partial charge >= 0.3 is 5.97 Å². The zero-order chi connectivity index (χ0) is 29.1. The molecule has 7 heteroatoms. The van der Waals surface area contributed by atoms with Crippen molar-refractivity contribution in [3.8, 4) is 23.3 Å². The lowest BCUT2D eigenvalue weighted by molar-refractivity contribution is -0.222.